The van der Waals surface area contributed by atoms with Crippen LogP contribution in [0.3, 0.4) is 0 Å². The van der Waals surface area contributed by atoms with Crippen molar-refractivity contribution in [3.63, 3.8) is 0 Å². The van der Waals surface area contributed by atoms with Crippen LogP contribution in [0.5, 0.6) is 11.5 Å². The number of benzene rings is 1. The Hall–Kier alpha value is -1.63. The van der Waals surface area contributed by atoms with Gasteiger partial charge < -0.3 is 24.4 Å². The van der Waals surface area contributed by atoms with Crippen molar-refractivity contribution >= 4 is 5.78 Å². The van der Waals surface area contributed by atoms with Crippen LogP contribution < -0.4 is 4.74 Å². The van der Waals surface area contributed by atoms with Crippen LogP contribution in [0.25, 0.3) is 0 Å². The molecule has 5 atom stereocenters. The summed E-state index contributed by atoms with van der Waals surface area (Å²) < 4.78 is 12.8. The Balaban J connectivity index is 1.57. The highest BCUT2D eigenvalue weighted by molar-refractivity contribution is 5.90. The fraction of sp³-hybridized carbons (Fsp3) is 0.708. The molecular weight excluding hydrogens is 382 g/mol. The standard InChI is InChI=1S/C24H31NO5/c1-2-3-12-29-24-9-8-18(27)22-23(24)10-11-25(28,14-15-4-5-15)19(24)13-16-6-7-17(26)21(30-22)20(16)23/h6-7,15,19,22,26H,2-5,8-14H2,1H3/t19-,22+,23+,24-,25?/m1/s1. The van der Waals surface area contributed by atoms with E-state index in [1.54, 1.807) is 6.07 Å². The fourth-order valence-electron chi connectivity index (χ4n) is 7.20. The van der Waals surface area contributed by atoms with E-state index in [9.17, 15) is 15.1 Å². The number of quaternary nitrogens is 1. The summed E-state index contributed by atoms with van der Waals surface area (Å²) in [5.74, 6) is 1.17. The van der Waals surface area contributed by atoms with Crippen molar-refractivity contribution < 1.29 is 24.0 Å². The molecule has 3 fully saturated rings. The minimum absolute atomic E-state index is 0.0833. The monoisotopic (exact) mass is 413 g/mol. The van der Waals surface area contributed by atoms with Gasteiger partial charge in [-0.3, -0.25) is 4.79 Å². The highest BCUT2D eigenvalue weighted by Crippen LogP contribution is 2.67. The van der Waals surface area contributed by atoms with Crippen LogP contribution in [0.2, 0.25) is 0 Å². The number of phenols is 1. The molecule has 6 nitrogen and oxygen atoms in total. The summed E-state index contributed by atoms with van der Waals surface area (Å²) in [4.78, 5) is 13.1. The Morgan fingerprint density at radius 2 is 2.17 bits per heavy atom. The van der Waals surface area contributed by atoms with E-state index in [0.717, 1.165) is 36.8 Å². The zero-order valence-corrected chi connectivity index (χ0v) is 17.7. The molecule has 0 aromatic heterocycles. The number of rotatable bonds is 6. The number of carbonyl (C=O) groups is 1. The number of hydroxylamine groups is 3. The first-order valence-corrected chi connectivity index (χ1v) is 11.7. The number of aromatic hydroxyl groups is 1. The third kappa shape index (κ3) is 2.22. The van der Waals surface area contributed by atoms with Gasteiger partial charge in [-0.05, 0) is 37.3 Å². The Labute approximate surface area is 177 Å². The van der Waals surface area contributed by atoms with Gasteiger partial charge in [-0.2, -0.15) is 0 Å². The summed E-state index contributed by atoms with van der Waals surface area (Å²) in [6, 6.07) is 3.38. The Morgan fingerprint density at radius 1 is 1.33 bits per heavy atom. The molecule has 2 bridgehead atoms. The molecule has 1 unspecified atom stereocenters. The molecule has 5 aliphatic rings. The summed E-state index contributed by atoms with van der Waals surface area (Å²) in [6.07, 6.45) is 5.81. The van der Waals surface area contributed by atoms with Crippen LogP contribution in [0.15, 0.2) is 12.1 Å². The second-order valence-electron chi connectivity index (χ2n) is 10.2. The minimum atomic E-state index is -0.693. The first kappa shape index (κ1) is 19.1. The minimum Gasteiger partial charge on any atom is -0.632 e. The zero-order chi connectivity index (χ0) is 20.7. The van der Waals surface area contributed by atoms with Crippen molar-refractivity contribution in [2.75, 3.05) is 19.7 Å². The second kappa shape index (κ2) is 6.21. The van der Waals surface area contributed by atoms with Gasteiger partial charge in [0, 0.05) is 37.4 Å². The summed E-state index contributed by atoms with van der Waals surface area (Å²) >= 11 is 0. The molecule has 2 heterocycles. The predicted molar refractivity (Wildman–Crippen MR) is 110 cm³/mol. The zero-order valence-electron chi connectivity index (χ0n) is 17.7. The van der Waals surface area contributed by atoms with Crippen LogP contribution in [0, 0.1) is 11.1 Å². The van der Waals surface area contributed by atoms with Crippen LogP contribution >= 0.6 is 0 Å². The number of piperidine rings is 1. The molecule has 30 heavy (non-hydrogen) atoms. The molecule has 1 spiro atoms. The van der Waals surface area contributed by atoms with E-state index in [0.29, 0.717) is 57.0 Å². The highest BCUT2D eigenvalue weighted by Gasteiger charge is 2.77. The molecule has 0 amide bonds. The van der Waals surface area contributed by atoms with Crippen molar-refractivity contribution in [1.29, 1.82) is 0 Å². The first-order valence-electron chi connectivity index (χ1n) is 11.7. The maximum absolute atomic E-state index is 14.4. The maximum Gasteiger partial charge on any atom is 0.174 e. The van der Waals surface area contributed by atoms with Gasteiger partial charge in [-0.25, -0.2) is 0 Å². The molecule has 162 valence electrons. The van der Waals surface area contributed by atoms with Gasteiger partial charge in [0.2, 0.25) is 0 Å². The number of phenolic OH excluding ortho intramolecular Hbond substituents is 1. The lowest BCUT2D eigenvalue weighted by Gasteiger charge is -2.68. The number of ketones is 1. The molecule has 1 aromatic rings. The number of carbonyl (C=O) groups excluding carboxylic acids is 1. The lowest BCUT2D eigenvalue weighted by atomic mass is 9.48. The van der Waals surface area contributed by atoms with E-state index < -0.39 is 17.1 Å². The molecule has 3 aliphatic carbocycles. The lowest BCUT2D eigenvalue weighted by molar-refractivity contribution is -0.924. The first-order chi connectivity index (χ1) is 14.5. The number of ether oxygens (including phenoxy) is 2. The van der Waals surface area contributed by atoms with Gasteiger partial charge in [-0.1, -0.05) is 19.4 Å². The van der Waals surface area contributed by atoms with Crippen LogP contribution in [-0.2, 0) is 21.4 Å². The molecule has 1 saturated heterocycles. The van der Waals surface area contributed by atoms with E-state index in [4.69, 9.17) is 9.47 Å². The Kier molecular flexibility index (Phi) is 3.95. The highest BCUT2D eigenvalue weighted by atomic mass is 16.6. The molecule has 2 aliphatic heterocycles. The van der Waals surface area contributed by atoms with Gasteiger partial charge in [0.15, 0.2) is 23.4 Å². The SMILES string of the molecule is CCCCO[C@@]12CCC(=O)[C@@H]3Oc4c(O)ccc5c4[C@@]31CC[N+]([O-])(CC1CC1)[C@@H]2C5. The van der Waals surface area contributed by atoms with Crippen LogP contribution in [0.4, 0.5) is 0 Å². The Morgan fingerprint density at radius 3 is 2.93 bits per heavy atom. The number of Topliss-reactive ketones (excluding diaryl/α,β-unsaturated/α-hetero) is 1. The van der Waals surface area contributed by atoms with Crippen molar-refractivity contribution in [3.8, 4) is 11.5 Å². The summed E-state index contributed by atoms with van der Waals surface area (Å²) in [5, 5.41) is 24.9. The third-order valence-corrected chi connectivity index (χ3v) is 8.67. The molecular formula is C24H31NO5. The molecule has 0 radical (unpaired) electrons. The average Bonchev–Trinajstić information content (AvgIpc) is 3.45. The van der Waals surface area contributed by atoms with Crippen molar-refractivity contribution in [2.45, 2.75) is 81.5 Å². The van der Waals surface area contributed by atoms with Gasteiger partial charge >= 0.3 is 0 Å². The number of unbranched alkanes of at least 4 members (excludes halogenated alkanes) is 1. The van der Waals surface area contributed by atoms with E-state index in [1.807, 2.05) is 6.07 Å². The van der Waals surface area contributed by atoms with Crippen LogP contribution in [-0.4, -0.2) is 53.0 Å². The van der Waals surface area contributed by atoms with E-state index >= 15 is 0 Å². The number of likely N-dealkylation sites (tertiary alicyclic amines) is 1. The normalized spacial score (nSPS) is 40.8. The smallest absolute Gasteiger partial charge is 0.174 e. The summed E-state index contributed by atoms with van der Waals surface area (Å²) in [5.41, 5.74) is 0.694. The second-order valence-corrected chi connectivity index (χ2v) is 10.2. The maximum atomic E-state index is 14.4. The van der Waals surface area contributed by atoms with E-state index in [2.05, 4.69) is 6.92 Å². The van der Waals surface area contributed by atoms with Crippen molar-refractivity contribution in [2.24, 2.45) is 5.92 Å². The Bertz CT molecular complexity index is 913. The van der Waals surface area contributed by atoms with Crippen LogP contribution in [0.1, 0.15) is 63.0 Å². The molecule has 1 N–H and O–H groups in total. The van der Waals surface area contributed by atoms with Gasteiger partial charge in [0.05, 0.1) is 18.5 Å². The molecule has 1 aromatic carbocycles. The number of hydrogen-bond donors (Lipinski definition) is 1. The van der Waals surface area contributed by atoms with Crippen molar-refractivity contribution in [3.05, 3.63) is 28.5 Å². The molecule has 6 heteroatoms. The topological polar surface area (TPSA) is 78.8 Å². The van der Waals surface area contributed by atoms with Gasteiger partial charge in [0.25, 0.3) is 0 Å². The quantitative estimate of drug-likeness (QED) is 0.440. The van der Waals surface area contributed by atoms with Gasteiger partial charge in [-0.15, -0.1) is 0 Å². The lowest BCUT2D eigenvalue weighted by Crippen LogP contribution is -2.81. The van der Waals surface area contributed by atoms with Crippen molar-refractivity contribution in [1.82, 2.24) is 0 Å². The predicted octanol–water partition coefficient (Wildman–Crippen LogP) is 3.36. The average molecular weight is 414 g/mol. The van der Waals surface area contributed by atoms with E-state index in [1.165, 1.54) is 0 Å². The van der Waals surface area contributed by atoms with E-state index in [-0.39, 0.29) is 22.2 Å². The number of hydrogen-bond acceptors (Lipinski definition) is 5. The largest absolute Gasteiger partial charge is 0.632 e. The summed E-state index contributed by atoms with van der Waals surface area (Å²) in [7, 11) is 0. The third-order valence-electron chi connectivity index (χ3n) is 8.67. The number of nitrogens with zero attached hydrogens (tertiary/aromatic N) is 1. The molecule has 6 rings (SSSR count). The van der Waals surface area contributed by atoms with Gasteiger partial charge in [0.1, 0.15) is 11.6 Å². The fourth-order valence-corrected chi connectivity index (χ4v) is 7.20. The molecule has 2 saturated carbocycles. The summed E-state index contributed by atoms with van der Waals surface area (Å²) in [6.45, 7) is 3.91.